The summed E-state index contributed by atoms with van der Waals surface area (Å²) in [6.45, 7) is 0.826. The summed E-state index contributed by atoms with van der Waals surface area (Å²) in [6, 6.07) is 28.4. The topological polar surface area (TPSA) is 80.2 Å². The number of ether oxygens (including phenoxy) is 2. The molecule has 44 heavy (non-hydrogen) atoms. The number of aliphatic hydroxyl groups is 1. The van der Waals surface area contributed by atoms with Gasteiger partial charge >= 0.3 is 0 Å². The molecular formula is C34H30Br2Cl2N2O4. The second kappa shape index (κ2) is 14.9. The highest BCUT2D eigenvalue weighted by Crippen LogP contribution is 2.43. The molecule has 4 aromatic rings. The Hall–Kier alpha value is -2.88. The van der Waals surface area contributed by atoms with Gasteiger partial charge in [-0.1, -0.05) is 85.4 Å². The van der Waals surface area contributed by atoms with Crippen molar-refractivity contribution in [1.29, 1.82) is 0 Å². The molecule has 0 radical (unpaired) electrons. The number of nitrogens with one attached hydrogen (secondary N) is 1. The molecule has 0 unspecified atom stereocenters. The van der Waals surface area contributed by atoms with E-state index in [1.165, 1.54) is 0 Å². The monoisotopic (exact) mass is 758 g/mol. The third-order valence-electron chi connectivity index (χ3n) is 7.28. The molecule has 0 fully saturated rings. The Morgan fingerprint density at radius 2 is 1.64 bits per heavy atom. The number of aliphatic hydroxyl groups excluding tert-OH is 1. The molecule has 0 aromatic heterocycles. The van der Waals surface area contributed by atoms with Gasteiger partial charge in [0, 0.05) is 50.5 Å². The van der Waals surface area contributed by atoms with Crippen LogP contribution in [0.25, 0.3) is 0 Å². The van der Waals surface area contributed by atoms with Gasteiger partial charge in [0.05, 0.1) is 6.61 Å². The number of rotatable bonds is 12. The largest absolute Gasteiger partial charge is 0.494 e. The van der Waals surface area contributed by atoms with Gasteiger partial charge in [-0.2, -0.15) is 0 Å². The van der Waals surface area contributed by atoms with E-state index in [0.717, 1.165) is 31.2 Å². The number of hydrogen-bond donors (Lipinski definition) is 2. The van der Waals surface area contributed by atoms with E-state index < -0.39 is 11.6 Å². The number of carbonyl (C=O) groups excluding carboxylic acids is 1. The van der Waals surface area contributed by atoms with Crippen LogP contribution in [-0.2, 0) is 22.4 Å². The number of nitrogens with zero attached hydrogens (tertiary/aromatic N) is 1. The fourth-order valence-electron chi connectivity index (χ4n) is 5.02. The molecule has 0 spiro atoms. The van der Waals surface area contributed by atoms with E-state index in [2.05, 4.69) is 37.2 Å². The molecule has 228 valence electrons. The quantitative estimate of drug-likeness (QED) is 0.143. The molecule has 6 nitrogen and oxygen atoms in total. The molecule has 1 aliphatic heterocycles. The normalized spacial score (nSPS) is 17.6. The highest BCUT2D eigenvalue weighted by atomic mass is 79.9. The molecule has 0 aliphatic carbocycles. The van der Waals surface area contributed by atoms with Gasteiger partial charge in [-0.05, 0) is 83.8 Å². The predicted octanol–water partition coefficient (Wildman–Crippen LogP) is 8.14. The lowest BCUT2D eigenvalue weighted by Gasteiger charge is -2.31. The Bertz CT molecular complexity index is 1620. The minimum Gasteiger partial charge on any atom is -0.494 e. The van der Waals surface area contributed by atoms with E-state index >= 15 is 0 Å². The summed E-state index contributed by atoms with van der Waals surface area (Å²) in [5, 5.41) is 13.3. The van der Waals surface area contributed by atoms with E-state index in [0.29, 0.717) is 54.1 Å². The SMILES string of the molecule is O=C(NCCc1ccc(Cl)cc1Cl)[C@]1(Cc2ccc(Br)cc2)N=C(c2ccc(OCCCO)cc2)O[C@@H]1c1ccc(Br)cc1. The first-order chi connectivity index (χ1) is 21.3. The average molecular weight is 761 g/mol. The molecule has 0 saturated heterocycles. The van der Waals surface area contributed by atoms with Crippen molar-refractivity contribution >= 4 is 66.9 Å². The van der Waals surface area contributed by atoms with E-state index in [4.69, 9.17) is 42.8 Å². The Morgan fingerprint density at radius 3 is 2.30 bits per heavy atom. The summed E-state index contributed by atoms with van der Waals surface area (Å²) in [7, 11) is 0. The smallest absolute Gasteiger partial charge is 0.252 e. The lowest BCUT2D eigenvalue weighted by molar-refractivity contribution is -0.128. The third kappa shape index (κ3) is 7.85. The van der Waals surface area contributed by atoms with Crippen LogP contribution < -0.4 is 10.1 Å². The first-order valence-electron chi connectivity index (χ1n) is 14.1. The number of hydrogen-bond acceptors (Lipinski definition) is 5. The Balaban J connectivity index is 1.51. The second-order valence-electron chi connectivity index (χ2n) is 10.4. The van der Waals surface area contributed by atoms with Gasteiger partial charge in [0.15, 0.2) is 11.6 Å². The minimum absolute atomic E-state index is 0.0649. The standard InChI is InChI=1S/C34H30Br2Cl2N2O4/c35-26-9-2-22(3-10-26)21-34(33(42)39-17-16-23-6-13-28(37)20-30(23)38)31(24-4-11-27(36)12-5-24)44-32(40-34)25-7-14-29(15-8-25)43-19-1-18-41/h2-15,20,31,41H,1,16-19,21H2,(H,39,42)/t31-,34-/m1/s1. The van der Waals surface area contributed by atoms with Gasteiger partial charge in [-0.3, -0.25) is 4.79 Å². The van der Waals surface area contributed by atoms with Crippen LogP contribution in [0.5, 0.6) is 5.75 Å². The van der Waals surface area contributed by atoms with Gasteiger partial charge in [0.2, 0.25) is 5.90 Å². The van der Waals surface area contributed by atoms with Crippen molar-refractivity contribution < 1.29 is 19.4 Å². The van der Waals surface area contributed by atoms with Crippen LogP contribution >= 0.6 is 55.1 Å². The van der Waals surface area contributed by atoms with E-state index in [1.807, 2.05) is 78.9 Å². The summed E-state index contributed by atoms with van der Waals surface area (Å²) in [5.74, 6) is 0.787. The number of halogens is 4. The zero-order valence-electron chi connectivity index (χ0n) is 23.6. The number of carbonyl (C=O) groups is 1. The highest BCUT2D eigenvalue weighted by molar-refractivity contribution is 9.10. The lowest BCUT2D eigenvalue weighted by atomic mass is 9.82. The van der Waals surface area contributed by atoms with Gasteiger partial charge in [-0.25, -0.2) is 4.99 Å². The van der Waals surface area contributed by atoms with E-state index in [-0.39, 0.29) is 12.5 Å². The van der Waals surface area contributed by atoms with Crippen molar-refractivity contribution in [3.63, 3.8) is 0 Å². The maximum Gasteiger partial charge on any atom is 0.252 e. The summed E-state index contributed by atoms with van der Waals surface area (Å²) in [5.41, 5.74) is 2.06. The van der Waals surface area contributed by atoms with E-state index in [9.17, 15) is 4.79 Å². The third-order valence-corrected chi connectivity index (χ3v) is 8.93. The molecule has 4 aromatic carbocycles. The fraction of sp³-hybridized carbons (Fsp3) is 0.235. The van der Waals surface area contributed by atoms with Gasteiger partial charge in [0.25, 0.3) is 5.91 Å². The fourth-order valence-corrected chi connectivity index (χ4v) is 6.05. The predicted molar refractivity (Wildman–Crippen MR) is 182 cm³/mol. The van der Waals surface area contributed by atoms with Crippen LogP contribution in [0, 0.1) is 0 Å². The van der Waals surface area contributed by atoms with Crippen molar-refractivity contribution in [3.05, 3.63) is 132 Å². The maximum absolute atomic E-state index is 14.4. The highest BCUT2D eigenvalue weighted by Gasteiger charge is 2.53. The van der Waals surface area contributed by atoms with Crippen molar-refractivity contribution in [2.45, 2.75) is 30.9 Å². The van der Waals surface area contributed by atoms with Crippen LogP contribution in [0.1, 0.15) is 34.8 Å². The Labute approximate surface area is 283 Å². The first-order valence-corrected chi connectivity index (χ1v) is 16.4. The molecule has 1 heterocycles. The molecule has 0 bridgehead atoms. The van der Waals surface area contributed by atoms with Crippen LogP contribution in [0.3, 0.4) is 0 Å². The summed E-state index contributed by atoms with van der Waals surface area (Å²) in [4.78, 5) is 19.5. The minimum atomic E-state index is -1.31. The molecule has 2 N–H and O–H groups in total. The lowest BCUT2D eigenvalue weighted by Crippen LogP contribution is -2.50. The number of benzene rings is 4. The summed E-state index contributed by atoms with van der Waals surface area (Å²) >= 11 is 19.5. The molecule has 1 amide bonds. The van der Waals surface area contributed by atoms with E-state index in [1.54, 1.807) is 12.1 Å². The molecule has 2 atom stereocenters. The molecule has 5 rings (SSSR count). The zero-order chi connectivity index (χ0) is 31.1. The number of aliphatic imine (C=N–C) groups is 1. The van der Waals surface area contributed by atoms with Gasteiger partial charge in [0.1, 0.15) is 5.75 Å². The van der Waals surface area contributed by atoms with Gasteiger partial charge < -0.3 is 19.9 Å². The van der Waals surface area contributed by atoms with Gasteiger partial charge in [-0.15, -0.1) is 0 Å². The van der Waals surface area contributed by atoms with Crippen LogP contribution in [0.2, 0.25) is 10.0 Å². The van der Waals surface area contributed by atoms with Crippen molar-refractivity contribution in [3.8, 4) is 5.75 Å². The second-order valence-corrected chi connectivity index (χ2v) is 13.1. The van der Waals surface area contributed by atoms with Crippen molar-refractivity contribution in [1.82, 2.24) is 5.32 Å². The van der Waals surface area contributed by atoms with Crippen molar-refractivity contribution in [2.75, 3.05) is 19.8 Å². The van der Waals surface area contributed by atoms with Crippen LogP contribution in [0.4, 0.5) is 0 Å². The Kier molecular flexibility index (Phi) is 11.0. The maximum atomic E-state index is 14.4. The summed E-state index contributed by atoms with van der Waals surface area (Å²) < 4.78 is 14.2. The summed E-state index contributed by atoms with van der Waals surface area (Å²) in [6.07, 6.45) is 0.674. The first kappa shape index (κ1) is 32.5. The molecular weight excluding hydrogens is 731 g/mol. The molecule has 0 saturated carbocycles. The average Bonchev–Trinajstić information content (AvgIpc) is 3.40. The Morgan fingerprint density at radius 1 is 0.955 bits per heavy atom. The van der Waals surface area contributed by atoms with Crippen molar-refractivity contribution in [2.24, 2.45) is 4.99 Å². The van der Waals surface area contributed by atoms with Crippen LogP contribution in [-0.4, -0.2) is 42.2 Å². The molecule has 1 aliphatic rings. The van der Waals surface area contributed by atoms with Crippen LogP contribution in [0.15, 0.2) is 105 Å². The number of amides is 1. The zero-order valence-corrected chi connectivity index (χ0v) is 28.3. The molecule has 10 heteroatoms.